The van der Waals surface area contributed by atoms with Gasteiger partial charge < -0.3 is 10.2 Å². The van der Waals surface area contributed by atoms with Crippen LogP contribution >= 0.6 is 0 Å². The van der Waals surface area contributed by atoms with Gasteiger partial charge in [0.2, 0.25) is 11.8 Å². The molecule has 0 saturated heterocycles. The van der Waals surface area contributed by atoms with E-state index < -0.39 is 28.5 Å². The third-order valence-corrected chi connectivity index (χ3v) is 8.67. The van der Waals surface area contributed by atoms with Crippen molar-refractivity contribution < 1.29 is 18.0 Å². The fourth-order valence-electron chi connectivity index (χ4n) is 4.66. The maximum absolute atomic E-state index is 14.3. The molecule has 0 unspecified atom stereocenters. The average molecular weight is 570 g/mol. The average Bonchev–Trinajstić information content (AvgIpc) is 3.00. The molecule has 212 valence electrons. The van der Waals surface area contributed by atoms with Crippen LogP contribution in [0.4, 0.5) is 5.69 Å². The van der Waals surface area contributed by atoms with Crippen LogP contribution in [0.25, 0.3) is 0 Å². The topological polar surface area (TPSA) is 86.8 Å². The molecule has 0 spiro atoms. The molecular weight excluding hydrogens is 534 g/mol. The lowest BCUT2D eigenvalue weighted by Gasteiger charge is -2.34. The van der Waals surface area contributed by atoms with E-state index in [0.717, 1.165) is 21.0 Å². The number of anilines is 1. The lowest BCUT2D eigenvalue weighted by atomic mass is 10.0. The Morgan fingerprint density at radius 2 is 1.34 bits per heavy atom. The van der Waals surface area contributed by atoms with E-state index in [1.54, 1.807) is 48.5 Å². The van der Waals surface area contributed by atoms with Crippen LogP contribution in [-0.4, -0.2) is 44.3 Å². The highest BCUT2D eigenvalue weighted by molar-refractivity contribution is 7.92. The van der Waals surface area contributed by atoms with Crippen molar-refractivity contribution in [3.05, 3.63) is 132 Å². The largest absolute Gasteiger partial charge is 0.355 e. The summed E-state index contributed by atoms with van der Waals surface area (Å²) in [7, 11) is -4.09. The van der Waals surface area contributed by atoms with Crippen molar-refractivity contribution >= 4 is 27.5 Å². The zero-order valence-electron chi connectivity index (χ0n) is 23.3. The van der Waals surface area contributed by atoms with Crippen molar-refractivity contribution in [2.45, 2.75) is 37.8 Å². The molecule has 1 atom stereocenters. The van der Waals surface area contributed by atoms with Crippen LogP contribution in [0.5, 0.6) is 0 Å². The molecule has 2 amide bonds. The Morgan fingerprint density at radius 1 is 0.780 bits per heavy atom. The number of nitrogens with zero attached hydrogens (tertiary/aromatic N) is 2. The summed E-state index contributed by atoms with van der Waals surface area (Å²) in [6, 6.07) is 32.9. The predicted octanol–water partition coefficient (Wildman–Crippen LogP) is 4.97. The second-order valence-corrected chi connectivity index (χ2v) is 11.6. The number of aryl methyl sites for hydroxylation is 1. The number of likely N-dealkylation sites (N-methyl/N-ethyl adjacent to an activating group) is 1. The summed E-state index contributed by atoms with van der Waals surface area (Å²) in [4.78, 5) is 29.4. The van der Waals surface area contributed by atoms with Gasteiger partial charge in [-0.3, -0.25) is 13.9 Å². The van der Waals surface area contributed by atoms with E-state index in [0.29, 0.717) is 12.2 Å². The second kappa shape index (κ2) is 13.8. The van der Waals surface area contributed by atoms with E-state index in [9.17, 15) is 18.0 Å². The van der Waals surface area contributed by atoms with Gasteiger partial charge in [0.25, 0.3) is 10.0 Å². The van der Waals surface area contributed by atoms with Gasteiger partial charge in [-0.2, -0.15) is 0 Å². The van der Waals surface area contributed by atoms with Gasteiger partial charge in [0.1, 0.15) is 12.6 Å². The Balaban J connectivity index is 1.78. The van der Waals surface area contributed by atoms with E-state index in [1.165, 1.54) is 17.0 Å². The lowest BCUT2D eigenvalue weighted by Crippen LogP contribution is -2.53. The summed E-state index contributed by atoms with van der Waals surface area (Å²) in [6.07, 6.45) is 0.279. The molecule has 0 aliphatic rings. The van der Waals surface area contributed by atoms with Crippen LogP contribution in [0.3, 0.4) is 0 Å². The Hall–Kier alpha value is -4.43. The van der Waals surface area contributed by atoms with Gasteiger partial charge in [-0.05, 0) is 54.8 Å². The minimum Gasteiger partial charge on any atom is -0.355 e. The Bertz CT molecular complexity index is 1550. The molecule has 0 aliphatic carbocycles. The first-order valence-corrected chi connectivity index (χ1v) is 15.0. The molecule has 7 nitrogen and oxygen atoms in total. The quantitative estimate of drug-likeness (QED) is 0.261. The Morgan fingerprint density at radius 3 is 1.95 bits per heavy atom. The van der Waals surface area contributed by atoms with E-state index in [-0.39, 0.29) is 23.8 Å². The fourth-order valence-corrected chi connectivity index (χ4v) is 6.09. The van der Waals surface area contributed by atoms with Gasteiger partial charge in [-0.15, -0.1) is 0 Å². The van der Waals surface area contributed by atoms with Gasteiger partial charge in [0, 0.05) is 19.5 Å². The lowest BCUT2D eigenvalue weighted by molar-refractivity contribution is -0.140. The second-order valence-electron chi connectivity index (χ2n) is 9.71. The van der Waals surface area contributed by atoms with E-state index in [4.69, 9.17) is 0 Å². The van der Waals surface area contributed by atoms with E-state index in [1.807, 2.05) is 68.4 Å². The number of rotatable bonds is 12. The molecule has 0 aliphatic heterocycles. The number of carbonyl (C=O) groups excluding carboxylic acids is 2. The highest BCUT2D eigenvalue weighted by atomic mass is 32.2. The minimum atomic E-state index is -4.09. The van der Waals surface area contributed by atoms with E-state index >= 15 is 0 Å². The number of sulfonamides is 1. The zero-order valence-corrected chi connectivity index (χ0v) is 24.1. The van der Waals surface area contributed by atoms with Crippen molar-refractivity contribution in [2.24, 2.45) is 0 Å². The maximum atomic E-state index is 14.3. The van der Waals surface area contributed by atoms with Gasteiger partial charge in [0.05, 0.1) is 10.6 Å². The molecular formula is C33H35N3O4S. The summed E-state index contributed by atoms with van der Waals surface area (Å²) < 4.78 is 28.9. The zero-order chi connectivity index (χ0) is 29.2. The number of benzene rings is 4. The van der Waals surface area contributed by atoms with Gasteiger partial charge in [0.15, 0.2) is 0 Å². The highest BCUT2D eigenvalue weighted by Gasteiger charge is 2.34. The first kappa shape index (κ1) is 29.6. The van der Waals surface area contributed by atoms with Crippen LogP contribution in [0.15, 0.2) is 120 Å². The fraction of sp³-hybridized carbons (Fsp3) is 0.212. The van der Waals surface area contributed by atoms with Gasteiger partial charge in [-0.1, -0.05) is 91.0 Å². The molecule has 41 heavy (non-hydrogen) atoms. The smallest absolute Gasteiger partial charge is 0.264 e. The summed E-state index contributed by atoms with van der Waals surface area (Å²) in [5.74, 6) is -0.778. The monoisotopic (exact) mass is 569 g/mol. The minimum absolute atomic E-state index is 0.0756. The molecule has 4 aromatic carbocycles. The number of hydrogen-bond acceptors (Lipinski definition) is 4. The Labute approximate surface area is 242 Å². The van der Waals surface area contributed by atoms with Gasteiger partial charge >= 0.3 is 0 Å². The molecule has 0 bridgehead atoms. The summed E-state index contributed by atoms with van der Waals surface area (Å²) in [5.41, 5.74) is 3.10. The van der Waals surface area contributed by atoms with E-state index in [2.05, 4.69) is 5.32 Å². The molecule has 4 aromatic rings. The predicted molar refractivity (Wildman–Crippen MR) is 162 cm³/mol. The number of carbonyl (C=O) groups is 2. The highest BCUT2D eigenvalue weighted by Crippen LogP contribution is 2.25. The third kappa shape index (κ3) is 7.41. The maximum Gasteiger partial charge on any atom is 0.264 e. The van der Waals surface area contributed by atoms with Crippen molar-refractivity contribution in [1.82, 2.24) is 10.2 Å². The van der Waals surface area contributed by atoms with Crippen LogP contribution in [0, 0.1) is 6.92 Å². The van der Waals surface area contributed by atoms with Crippen molar-refractivity contribution in [3.63, 3.8) is 0 Å². The number of nitrogens with one attached hydrogen (secondary N) is 1. The van der Waals surface area contributed by atoms with Crippen LogP contribution < -0.4 is 9.62 Å². The Kier molecular flexibility index (Phi) is 9.92. The third-order valence-electron chi connectivity index (χ3n) is 6.88. The van der Waals surface area contributed by atoms with Crippen LogP contribution in [0.1, 0.15) is 23.6 Å². The summed E-state index contributed by atoms with van der Waals surface area (Å²) in [6.45, 7) is 3.85. The summed E-state index contributed by atoms with van der Waals surface area (Å²) in [5, 5.41) is 2.88. The number of hydrogen-bond donors (Lipinski definition) is 1. The first-order valence-electron chi connectivity index (χ1n) is 13.6. The first-order chi connectivity index (χ1) is 19.8. The molecule has 0 fully saturated rings. The molecule has 4 rings (SSSR count). The molecule has 8 heteroatoms. The molecule has 0 aromatic heterocycles. The SMILES string of the molecule is CCNC(=O)[C@H](Cc1ccccc1)N(Cc1ccccc1C)C(=O)CN(c1ccccc1)S(=O)(=O)c1ccccc1. The van der Waals surface area contributed by atoms with Crippen molar-refractivity contribution in [2.75, 3.05) is 17.4 Å². The van der Waals surface area contributed by atoms with Crippen molar-refractivity contribution in [1.29, 1.82) is 0 Å². The normalized spacial score (nSPS) is 11.9. The number of amides is 2. The molecule has 0 heterocycles. The van der Waals surface area contributed by atoms with Crippen molar-refractivity contribution in [3.8, 4) is 0 Å². The summed E-state index contributed by atoms with van der Waals surface area (Å²) >= 11 is 0. The molecule has 0 saturated carbocycles. The molecule has 1 N–H and O–H groups in total. The van der Waals surface area contributed by atoms with Crippen LogP contribution in [0.2, 0.25) is 0 Å². The molecule has 0 radical (unpaired) electrons. The van der Waals surface area contributed by atoms with Crippen LogP contribution in [-0.2, 0) is 32.6 Å². The number of para-hydroxylation sites is 1. The standard InChI is InChI=1S/C33H35N3O4S/c1-3-34-33(38)31(23-27-16-7-4-8-17-27)35(24-28-18-14-13-15-26(28)2)32(37)25-36(29-19-9-5-10-20-29)41(39,40)30-21-11-6-12-22-30/h4-22,31H,3,23-25H2,1-2H3,(H,34,38)/t31-/m0/s1. The van der Waals surface area contributed by atoms with Gasteiger partial charge in [-0.25, -0.2) is 8.42 Å².